The summed E-state index contributed by atoms with van der Waals surface area (Å²) >= 11 is 0. The number of carboxylic acids is 1. The van der Waals surface area contributed by atoms with E-state index >= 15 is 0 Å². The molecule has 0 bridgehead atoms. The summed E-state index contributed by atoms with van der Waals surface area (Å²) in [4.78, 5) is 23.6. The standard InChI is InChI=1S/C16H19NO4/c18-14(17-16(15(19)20)6-2-7-16)12-4-1-3-11(9-12)13-5-8-21-10-13/h1,3-4,9,13H,2,5-8,10H2,(H,17,18)(H,19,20). The number of carbonyl (C=O) groups is 2. The summed E-state index contributed by atoms with van der Waals surface area (Å²) in [5, 5.41) is 12.0. The molecule has 112 valence electrons. The first-order valence-electron chi connectivity index (χ1n) is 7.34. The second kappa shape index (κ2) is 5.48. The molecule has 2 aliphatic rings. The number of rotatable bonds is 4. The van der Waals surface area contributed by atoms with Gasteiger partial charge in [-0.2, -0.15) is 0 Å². The van der Waals surface area contributed by atoms with E-state index in [2.05, 4.69) is 5.32 Å². The smallest absolute Gasteiger partial charge is 0.329 e. The molecule has 2 fully saturated rings. The van der Waals surface area contributed by atoms with Crippen molar-refractivity contribution in [1.29, 1.82) is 0 Å². The van der Waals surface area contributed by atoms with Crippen LogP contribution in [0.3, 0.4) is 0 Å². The molecule has 1 aromatic rings. The van der Waals surface area contributed by atoms with E-state index < -0.39 is 11.5 Å². The third-order valence-electron chi connectivity index (χ3n) is 4.52. The summed E-state index contributed by atoms with van der Waals surface area (Å²) in [6, 6.07) is 7.41. The van der Waals surface area contributed by atoms with Gasteiger partial charge in [0.1, 0.15) is 5.54 Å². The van der Waals surface area contributed by atoms with Gasteiger partial charge in [0.2, 0.25) is 0 Å². The average Bonchev–Trinajstić information content (AvgIpc) is 2.96. The summed E-state index contributed by atoms with van der Waals surface area (Å²) in [6.07, 6.45) is 2.81. The van der Waals surface area contributed by atoms with E-state index in [1.165, 1.54) is 0 Å². The van der Waals surface area contributed by atoms with E-state index in [0.717, 1.165) is 25.0 Å². The average molecular weight is 289 g/mol. The zero-order valence-electron chi connectivity index (χ0n) is 11.8. The van der Waals surface area contributed by atoms with Crippen LogP contribution in [0.5, 0.6) is 0 Å². The van der Waals surface area contributed by atoms with Gasteiger partial charge in [0.05, 0.1) is 6.61 Å². The number of aliphatic carboxylic acids is 1. The Kier molecular flexibility index (Phi) is 3.68. The van der Waals surface area contributed by atoms with Gasteiger partial charge in [-0.05, 0) is 43.4 Å². The first-order chi connectivity index (χ1) is 10.1. The maximum Gasteiger partial charge on any atom is 0.329 e. The predicted octanol–water partition coefficient (Wildman–Crippen LogP) is 1.93. The molecule has 1 atom stereocenters. The highest BCUT2D eigenvalue weighted by atomic mass is 16.5. The zero-order valence-corrected chi connectivity index (χ0v) is 11.8. The van der Waals surface area contributed by atoms with Gasteiger partial charge in [-0.15, -0.1) is 0 Å². The highest BCUT2D eigenvalue weighted by Gasteiger charge is 2.45. The minimum Gasteiger partial charge on any atom is -0.480 e. The molecule has 1 saturated carbocycles. The van der Waals surface area contributed by atoms with Crippen LogP contribution in [-0.2, 0) is 9.53 Å². The summed E-state index contributed by atoms with van der Waals surface area (Å²) in [5.41, 5.74) is 0.536. The molecule has 21 heavy (non-hydrogen) atoms. The second-order valence-electron chi connectivity index (χ2n) is 5.88. The Morgan fingerprint density at radius 1 is 1.33 bits per heavy atom. The molecule has 1 amide bonds. The molecule has 2 N–H and O–H groups in total. The highest BCUT2D eigenvalue weighted by Crippen LogP contribution is 2.32. The molecule has 0 aromatic heterocycles. The first-order valence-corrected chi connectivity index (χ1v) is 7.34. The Bertz CT molecular complexity index is 559. The number of carboxylic acid groups (broad SMARTS) is 1. The van der Waals surface area contributed by atoms with E-state index in [9.17, 15) is 14.7 Å². The van der Waals surface area contributed by atoms with Gasteiger partial charge in [0.25, 0.3) is 5.91 Å². The fourth-order valence-electron chi connectivity index (χ4n) is 2.94. The lowest BCUT2D eigenvalue weighted by Gasteiger charge is -2.38. The maximum absolute atomic E-state index is 12.3. The summed E-state index contributed by atoms with van der Waals surface area (Å²) < 4.78 is 5.37. The molecule has 1 aliphatic carbocycles. The zero-order chi connectivity index (χ0) is 14.9. The highest BCUT2D eigenvalue weighted by molar-refractivity contribution is 5.98. The fourth-order valence-corrected chi connectivity index (χ4v) is 2.94. The lowest BCUT2D eigenvalue weighted by atomic mass is 9.76. The van der Waals surface area contributed by atoms with Crippen LogP contribution in [0, 0.1) is 0 Å². The van der Waals surface area contributed by atoms with Gasteiger partial charge in [-0.1, -0.05) is 12.1 Å². The molecule has 1 aliphatic heterocycles. The van der Waals surface area contributed by atoms with E-state index in [-0.39, 0.29) is 5.91 Å². The number of benzene rings is 1. The lowest BCUT2D eigenvalue weighted by Crippen LogP contribution is -2.59. The summed E-state index contributed by atoms with van der Waals surface area (Å²) in [6.45, 7) is 1.44. The number of ether oxygens (including phenoxy) is 1. The van der Waals surface area contributed by atoms with Gasteiger partial charge in [0, 0.05) is 18.1 Å². The Labute approximate surface area is 123 Å². The quantitative estimate of drug-likeness (QED) is 0.888. The maximum atomic E-state index is 12.3. The minimum atomic E-state index is -1.07. The third kappa shape index (κ3) is 2.65. The lowest BCUT2D eigenvalue weighted by molar-refractivity contribution is -0.148. The van der Waals surface area contributed by atoms with E-state index in [4.69, 9.17) is 4.74 Å². The number of carbonyl (C=O) groups excluding carboxylic acids is 1. The fraction of sp³-hybridized carbons (Fsp3) is 0.500. The Morgan fingerprint density at radius 3 is 2.71 bits per heavy atom. The van der Waals surface area contributed by atoms with Crippen LogP contribution in [0.1, 0.15) is 47.5 Å². The molecule has 1 heterocycles. The van der Waals surface area contributed by atoms with Crippen LogP contribution in [0.15, 0.2) is 24.3 Å². The normalized spacial score (nSPS) is 23.3. The summed E-state index contributed by atoms with van der Waals surface area (Å²) in [7, 11) is 0. The van der Waals surface area contributed by atoms with Gasteiger partial charge >= 0.3 is 5.97 Å². The van der Waals surface area contributed by atoms with Crippen molar-refractivity contribution in [3.8, 4) is 0 Å². The topological polar surface area (TPSA) is 75.6 Å². The molecule has 3 rings (SSSR count). The van der Waals surface area contributed by atoms with Crippen molar-refractivity contribution in [3.63, 3.8) is 0 Å². The summed E-state index contributed by atoms with van der Waals surface area (Å²) in [5.74, 6) is -0.921. The molecule has 1 aromatic carbocycles. The van der Waals surface area contributed by atoms with Crippen LogP contribution in [0.25, 0.3) is 0 Å². The van der Waals surface area contributed by atoms with E-state index in [1.54, 1.807) is 6.07 Å². The van der Waals surface area contributed by atoms with Crippen molar-refractivity contribution in [2.75, 3.05) is 13.2 Å². The van der Waals surface area contributed by atoms with Crippen LogP contribution in [0.2, 0.25) is 0 Å². The monoisotopic (exact) mass is 289 g/mol. The van der Waals surface area contributed by atoms with Crippen molar-refractivity contribution in [1.82, 2.24) is 5.32 Å². The van der Waals surface area contributed by atoms with Crippen molar-refractivity contribution < 1.29 is 19.4 Å². The molecular formula is C16H19NO4. The molecule has 1 saturated heterocycles. The molecule has 0 radical (unpaired) electrons. The van der Waals surface area contributed by atoms with Crippen molar-refractivity contribution in [2.45, 2.75) is 37.1 Å². The van der Waals surface area contributed by atoms with Gasteiger partial charge in [0.15, 0.2) is 0 Å². The van der Waals surface area contributed by atoms with Gasteiger partial charge < -0.3 is 15.2 Å². The molecule has 1 unspecified atom stereocenters. The largest absolute Gasteiger partial charge is 0.480 e. The van der Waals surface area contributed by atoms with E-state index in [0.29, 0.717) is 30.9 Å². The van der Waals surface area contributed by atoms with Crippen LogP contribution in [0.4, 0.5) is 0 Å². The molecule has 5 nitrogen and oxygen atoms in total. The Morgan fingerprint density at radius 2 is 2.14 bits per heavy atom. The SMILES string of the molecule is O=C(NC1(C(=O)O)CCC1)c1cccc(C2CCOC2)c1. The third-order valence-corrected chi connectivity index (χ3v) is 4.52. The van der Waals surface area contributed by atoms with Crippen molar-refractivity contribution in [2.24, 2.45) is 0 Å². The van der Waals surface area contributed by atoms with Crippen LogP contribution in [-0.4, -0.2) is 35.7 Å². The van der Waals surface area contributed by atoms with E-state index in [1.807, 2.05) is 18.2 Å². The number of amides is 1. The Hall–Kier alpha value is -1.88. The van der Waals surface area contributed by atoms with Gasteiger partial charge in [-0.25, -0.2) is 4.79 Å². The number of hydrogen-bond acceptors (Lipinski definition) is 3. The van der Waals surface area contributed by atoms with Crippen molar-refractivity contribution in [3.05, 3.63) is 35.4 Å². The predicted molar refractivity (Wildman–Crippen MR) is 76.3 cm³/mol. The van der Waals surface area contributed by atoms with Crippen LogP contribution >= 0.6 is 0 Å². The Balaban J connectivity index is 1.75. The number of nitrogens with one attached hydrogen (secondary N) is 1. The second-order valence-corrected chi connectivity index (χ2v) is 5.88. The minimum absolute atomic E-state index is 0.308. The van der Waals surface area contributed by atoms with Crippen LogP contribution < -0.4 is 5.32 Å². The van der Waals surface area contributed by atoms with Crippen molar-refractivity contribution >= 4 is 11.9 Å². The molecular weight excluding hydrogens is 270 g/mol. The molecule has 5 heteroatoms. The number of hydrogen-bond donors (Lipinski definition) is 2. The first kappa shape index (κ1) is 14.1. The molecule has 0 spiro atoms. The van der Waals surface area contributed by atoms with Gasteiger partial charge in [-0.3, -0.25) is 4.79 Å².